The summed E-state index contributed by atoms with van der Waals surface area (Å²) in [5, 5.41) is 0. The van der Waals surface area contributed by atoms with E-state index in [0.29, 0.717) is 13.2 Å². The second-order valence-corrected chi connectivity index (χ2v) is 2.91. The van der Waals surface area contributed by atoms with Crippen molar-refractivity contribution in [3.8, 4) is 0 Å². The van der Waals surface area contributed by atoms with E-state index >= 15 is 0 Å². The van der Waals surface area contributed by atoms with Crippen LogP contribution < -0.4 is 5.48 Å². The number of benzene rings is 1. The molecule has 1 aromatic carbocycles. The summed E-state index contributed by atoms with van der Waals surface area (Å²) in [5.41, 5.74) is 5.66. The fourth-order valence-corrected chi connectivity index (χ4v) is 1.25. The topological polar surface area (TPSA) is 47.3 Å². The molecule has 1 aromatic heterocycles. The van der Waals surface area contributed by atoms with Crippen LogP contribution in [0.25, 0.3) is 11.1 Å². The molecule has 0 spiro atoms. The monoisotopic (exact) mass is 192 g/mol. The van der Waals surface area contributed by atoms with Gasteiger partial charge in [0.25, 0.3) is 0 Å². The van der Waals surface area contributed by atoms with Crippen molar-refractivity contribution in [3.05, 3.63) is 30.2 Å². The second-order valence-electron chi connectivity index (χ2n) is 2.91. The van der Waals surface area contributed by atoms with Gasteiger partial charge in [0, 0.05) is 6.54 Å². The normalized spacial score (nSPS) is 10.9. The first kappa shape index (κ1) is 9.18. The number of nitrogens with zero attached hydrogens (tertiary/aromatic N) is 1. The molecule has 1 heterocycles. The molecule has 0 aliphatic rings. The van der Waals surface area contributed by atoms with Crippen LogP contribution in [0.5, 0.6) is 0 Å². The van der Waals surface area contributed by atoms with Gasteiger partial charge < -0.3 is 9.25 Å². The van der Waals surface area contributed by atoms with E-state index in [1.54, 1.807) is 0 Å². The molecule has 74 valence electrons. The highest BCUT2D eigenvalue weighted by Crippen LogP contribution is 2.13. The maximum Gasteiger partial charge on any atom is 0.181 e. The van der Waals surface area contributed by atoms with E-state index in [2.05, 4.69) is 10.5 Å². The van der Waals surface area contributed by atoms with Crippen LogP contribution in [-0.2, 0) is 11.4 Å². The van der Waals surface area contributed by atoms with Gasteiger partial charge >= 0.3 is 0 Å². The molecule has 0 saturated heterocycles. The summed E-state index contributed by atoms with van der Waals surface area (Å²) >= 11 is 0. The maximum absolute atomic E-state index is 5.14. The summed E-state index contributed by atoms with van der Waals surface area (Å²) in [5.74, 6) is 0. The Morgan fingerprint density at radius 3 is 3.29 bits per heavy atom. The van der Waals surface area contributed by atoms with E-state index in [-0.39, 0.29) is 0 Å². The molecule has 0 fully saturated rings. The molecule has 0 aliphatic heterocycles. The second kappa shape index (κ2) is 4.21. The van der Waals surface area contributed by atoms with Crippen molar-refractivity contribution in [2.45, 2.75) is 13.5 Å². The number of rotatable bonds is 4. The summed E-state index contributed by atoms with van der Waals surface area (Å²) in [6, 6.07) is 5.87. The van der Waals surface area contributed by atoms with Crippen LogP contribution in [0.15, 0.2) is 29.0 Å². The van der Waals surface area contributed by atoms with Gasteiger partial charge in [-0.1, -0.05) is 6.07 Å². The van der Waals surface area contributed by atoms with E-state index in [1.807, 2.05) is 25.1 Å². The average Bonchev–Trinajstić information content (AvgIpc) is 2.65. The van der Waals surface area contributed by atoms with Crippen molar-refractivity contribution in [2.75, 3.05) is 6.61 Å². The smallest absolute Gasteiger partial charge is 0.181 e. The molecule has 2 aromatic rings. The van der Waals surface area contributed by atoms with Gasteiger partial charge in [0.1, 0.15) is 5.52 Å². The Bertz CT molecular complexity index is 411. The predicted octanol–water partition coefficient (Wildman–Crippen LogP) is 1.87. The van der Waals surface area contributed by atoms with Crippen LogP contribution in [-0.4, -0.2) is 11.6 Å². The minimum absolute atomic E-state index is 0.659. The van der Waals surface area contributed by atoms with Crippen LogP contribution in [0.4, 0.5) is 0 Å². The third kappa shape index (κ3) is 1.92. The number of hydrogen-bond donors (Lipinski definition) is 1. The largest absolute Gasteiger partial charge is 0.443 e. The third-order valence-electron chi connectivity index (χ3n) is 1.92. The van der Waals surface area contributed by atoms with E-state index in [0.717, 1.165) is 16.7 Å². The Morgan fingerprint density at radius 1 is 1.50 bits per heavy atom. The molecule has 0 amide bonds. The fourth-order valence-electron chi connectivity index (χ4n) is 1.25. The van der Waals surface area contributed by atoms with Crippen LogP contribution in [0.3, 0.4) is 0 Å². The SMILES string of the molecule is CCONCc1ccc2ocnc2c1. The summed E-state index contributed by atoms with van der Waals surface area (Å²) in [6.07, 6.45) is 1.45. The van der Waals surface area contributed by atoms with Gasteiger partial charge in [-0.15, -0.1) is 0 Å². The Balaban J connectivity index is 2.10. The zero-order valence-corrected chi connectivity index (χ0v) is 7.99. The summed E-state index contributed by atoms with van der Waals surface area (Å²) < 4.78 is 5.14. The lowest BCUT2D eigenvalue weighted by Crippen LogP contribution is -2.13. The Morgan fingerprint density at radius 2 is 2.43 bits per heavy atom. The molecule has 1 N–H and O–H groups in total. The highest BCUT2D eigenvalue weighted by Gasteiger charge is 1.99. The molecular weight excluding hydrogens is 180 g/mol. The van der Waals surface area contributed by atoms with Crippen molar-refractivity contribution in [1.29, 1.82) is 0 Å². The first-order valence-corrected chi connectivity index (χ1v) is 4.57. The van der Waals surface area contributed by atoms with E-state index in [4.69, 9.17) is 9.25 Å². The van der Waals surface area contributed by atoms with E-state index in [9.17, 15) is 0 Å². The van der Waals surface area contributed by atoms with E-state index < -0.39 is 0 Å². The summed E-state index contributed by atoms with van der Waals surface area (Å²) in [7, 11) is 0. The molecule has 2 rings (SSSR count). The molecule has 0 saturated carbocycles. The number of fused-ring (bicyclic) bond motifs is 1. The molecule has 0 aliphatic carbocycles. The lowest BCUT2D eigenvalue weighted by Gasteiger charge is -2.02. The molecular formula is C10H12N2O2. The van der Waals surface area contributed by atoms with Crippen LogP contribution in [0.2, 0.25) is 0 Å². The first-order valence-electron chi connectivity index (χ1n) is 4.57. The van der Waals surface area contributed by atoms with Gasteiger partial charge in [0.2, 0.25) is 0 Å². The maximum atomic E-state index is 5.14. The van der Waals surface area contributed by atoms with Gasteiger partial charge in [-0.25, -0.2) is 4.98 Å². The van der Waals surface area contributed by atoms with Crippen LogP contribution >= 0.6 is 0 Å². The minimum Gasteiger partial charge on any atom is -0.443 e. The van der Waals surface area contributed by atoms with Gasteiger partial charge in [0.15, 0.2) is 12.0 Å². The van der Waals surface area contributed by atoms with Gasteiger partial charge in [-0.05, 0) is 24.6 Å². The lowest BCUT2D eigenvalue weighted by molar-refractivity contribution is 0.0463. The Hall–Kier alpha value is -1.39. The summed E-state index contributed by atoms with van der Waals surface area (Å²) in [4.78, 5) is 9.11. The van der Waals surface area contributed by atoms with Crippen molar-refractivity contribution in [2.24, 2.45) is 0 Å². The molecule has 14 heavy (non-hydrogen) atoms. The van der Waals surface area contributed by atoms with E-state index in [1.165, 1.54) is 6.39 Å². The molecule has 0 unspecified atom stereocenters. The predicted molar refractivity (Wildman–Crippen MR) is 52.5 cm³/mol. The third-order valence-corrected chi connectivity index (χ3v) is 1.92. The quantitative estimate of drug-likeness (QED) is 0.593. The summed E-state index contributed by atoms with van der Waals surface area (Å²) in [6.45, 7) is 3.27. The number of hydrogen-bond acceptors (Lipinski definition) is 4. The van der Waals surface area contributed by atoms with Crippen molar-refractivity contribution < 1.29 is 9.25 Å². The molecule has 0 bridgehead atoms. The van der Waals surface area contributed by atoms with Gasteiger partial charge in [-0.3, -0.25) is 0 Å². The lowest BCUT2D eigenvalue weighted by atomic mass is 10.2. The standard InChI is InChI=1S/C10H12N2O2/c1-2-14-12-6-8-3-4-10-9(5-8)11-7-13-10/h3-5,7,12H,2,6H2,1H3. The van der Waals surface area contributed by atoms with Crippen LogP contribution in [0, 0.1) is 0 Å². The zero-order chi connectivity index (χ0) is 9.80. The molecule has 0 atom stereocenters. The van der Waals surface area contributed by atoms with Crippen molar-refractivity contribution in [3.63, 3.8) is 0 Å². The first-order chi connectivity index (χ1) is 6.90. The Labute approximate surface area is 81.8 Å². The van der Waals surface area contributed by atoms with Gasteiger partial charge in [-0.2, -0.15) is 5.48 Å². The molecule has 4 heteroatoms. The minimum atomic E-state index is 0.659. The zero-order valence-electron chi connectivity index (χ0n) is 7.99. The fraction of sp³-hybridized carbons (Fsp3) is 0.300. The molecule has 0 radical (unpaired) electrons. The number of hydroxylamine groups is 1. The highest BCUT2D eigenvalue weighted by molar-refractivity contribution is 5.72. The molecule has 4 nitrogen and oxygen atoms in total. The highest BCUT2D eigenvalue weighted by atomic mass is 16.6. The number of oxazole rings is 1. The van der Waals surface area contributed by atoms with Crippen LogP contribution in [0.1, 0.15) is 12.5 Å². The number of nitrogens with one attached hydrogen (secondary N) is 1. The van der Waals surface area contributed by atoms with Crippen molar-refractivity contribution in [1.82, 2.24) is 10.5 Å². The van der Waals surface area contributed by atoms with Crippen molar-refractivity contribution >= 4 is 11.1 Å². The van der Waals surface area contributed by atoms with Gasteiger partial charge in [0.05, 0.1) is 6.61 Å². The Kier molecular flexibility index (Phi) is 2.76. The average molecular weight is 192 g/mol. The number of aromatic nitrogens is 1.